The lowest BCUT2D eigenvalue weighted by atomic mass is 10.1. The summed E-state index contributed by atoms with van der Waals surface area (Å²) in [6, 6.07) is 8.61. The van der Waals surface area contributed by atoms with E-state index in [4.69, 9.17) is 9.47 Å². The Morgan fingerprint density at radius 3 is 2.61 bits per heavy atom. The smallest absolute Gasteiger partial charge is 0.254 e. The molecule has 9 nitrogen and oxygen atoms in total. The number of fused-ring (bicyclic) bond motifs is 2. The van der Waals surface area contributed by atoms with E-state index in [0.717, 1.165) is 6.42 Å². The molecular weight excluding hydrogens is 420 g/mol. The fourth-order valence-electron chi connectivity index (χ4n) is 3.89. The molecule has 2 aliphatic rings. The zero-order valence-electron chi connectivity index (χ0n) is 16.8. The quantitative estimate of drug-likeness (QED) is 0.664. The Morgan fingerprint density at radius 2 is 1.81 bits per heavy atom. The van der Waals surface area contributed by atoms with E-state index < -0.39 is 10.0 Å². The van der Waals surface area contributed by atoms with Gasteiger partial charge in [-0.1, -0.05) is 0 Å². The molecule has 2 aliphatic heterocycles. The molecule has 1 aromatic carbocycles. The van der Waals surface area contributed by atoms with Gasteiger partial charge in [0.1, 0.15) is 10.5 Å². The molecule has 0 bridgehead atoms. The van der Waals surface area contributed by atoms with Gasteiger partial charge >= 0.3 is 0 Å². The number of H-pyrrole nitrogens is 1. The van der Waals surface area contributed by atoms with Crippen molar-refractivity contribution in [1.82, 2.24) is 19.2 Å². The van der Waals surface area contributed by atoms with Gasteiger partial charge in [0.25, 0.3) is 5.91 Å². The minimum Gasteiger partial charge on any atom is -0.490 e. The number of pyridine rings is 1. The maximum absolute atomic E-state index is 13.1. The minimum atomic E-state index is -3.69. The van der Waals surface area contributed by atoms with Gasteiger partial charge in [-0.25, -0.2) is 13.4 Å². The number of sulfonamides is 1. The summed E-state index contributed by atoms with van der Waals surface area (Å²) in [5.74, 6) is 1.06. The summed E-state index contributed by atoms with van der Waals surface area (Å²) in [5.41, 5.74) is 1.03. The first-order valence-electron chi connectivity index (χ1n) is 10.2. The SMILES string of the molecule is O=C(c1ccc2c(c1)OCCCO2)N1CCN(S(=O)(=O)c2c[nH]c3ncccc23)CC1. The van der Waals surface area contributed by atoms with Gasteiger partial charge in [-0.05, 0) is 30.3 Å². The van der Waals surface area contributed by atoms with Crippen molar-refractivity contribution in [3.05, 3.63) is 48.3 Å². The van der Waals surface area contributed by atoms with Gasteiger partial charge in [0.15, 0.2) is 11.5 Å². The third-order valence-corrected chi connectivity index (χ3v) is 7.49. The number of nitrogens with one attached hydrogen (secondary N) is 1. The van der Waals surface area contributed by atoms with Crippen molar-refractivity contribution in [2.75, 3.05) is 39.4 Å². The average molecular weight is 442 g/mol. The summed E-state index contributed by atoms with van der Waals surface area (Å²) in [6.07, 6.45) is 3.88. The zero-order chi connectivity index (χ0) is 21.4. The van der Waals surface area contributed by atoms with Crippen LogP contribution in [0.3, 0.4) is 0 Å². The molecule has 0 radical (unpaired) electrons. The number of ether oxygens (including phenoxy) is 2. The highest BCUT2D eigenvalue weighted by molar-refractivity contribution is 7.89. The molecule has 1 fully saturated rings. The van der Waals surface area contributed by atoms with Gasteiger partial charge in [-0.15, -0.1) is 0 Å². The lowest BCUT2D eigenvalue weighted by Gasteiger charge is -2.34. The van der Waals surface area contributed by atoms with E-state index >= 15 is 0 Å². The maximum Gasteiger partial charge on any atom is 0.254 e. The maximum atomic E-state index is 13.1. The van der Waals surface area contributed by atoms with Crippen LogP contribution in [0.2, 0.25) is 0 Å². The number of carbonyl (C=O) groups is 1. The van der Waals surface area contributed by atoms with Gasteiger partial charge < -0.3 is 19.4 Å². The fraction of sp³-hybridized carbons (Fsp3) is 0.333. The number of piperazine rings is 1. The first-order chi connectivity index (χ1) is 15.0. The highest BCUT2D eigenvalue weighted by Gasteiger charge is 2.32. The second-order valence-electron chi connectivity index (χ2n) is 7.46. The molecule has 0 unspecified atom stereocenters. The van der Waals surface area contributed by atoms with E-state index in [1.807, 2.05) is 0 Å². The molecule has 5 rings (SSSR count). The molecule has 2 aromatic heterocycles. The van der Waals surface area contributed by atoms with Crippen molar-refractivity contribution in [2.45, 2.75) is 11.3 Å². The van der Waals surface area contributed by atoms with Crippen LogP contribution in [-0.2, 0) is 10.0 Å². The number of carbonyl (C=O) groups excluding carboxylic acids is 1. The van der Waals surface area contributed by atoms with Crippen molar-refractivity contribution in [2.24, 2.45) is 0 Å². The van der Waals surface area contributed by atoms with E-state index in [2.05, 4.69) is 9.97 Å². The number of amides is 1. The highest BCUT2D eigenvalue weighted by Crippen LogP contribution is 2.31. The molecule has 4 heterocycles. The molecule has 10 heteroatoms. The molecule has 0 atom stereocenters. The van der Waals surface area contributed by atoms with Crippen LogP contribution in [0.5, 0.6) is 11.5 Å². The summed E-state index contributed by atoms with van der Waals surface area (Å²) >= 11 is 0. The summed E-state index contributed by atoms with van der Waals surface area (Å²) < 4.78 is 39.0. The van der Waals surface area contributed by atoms with Crippen LogP contribution in [0.4, 0.5) is 0 Å². The van der Waals surface area contributed by atoms with Crippen molar-refractivity contribution in [3.8, 4) is 11.5 Å². The van der Waals surface area contributed by atoms with E-state index in [9.17, 15) is 13.2 Å². The van der Waals surface area contributed by atoms with Crippen LogP contribution in [0.25, 0.3) is 11.0 Å². The normalized spacial score (nSPS) is 17.5. The van der Waals surface area contributed by atoms with Crippen LogP contribution in [-0.4, -0.2) is 72.9 Å². The summed E-state index contributed by atoms with van der Waals surface area (Å²) in [5, 5.41) is 0.563. The summed E-state index contributed by atoms with van der Waals surface area (Å²) in [7, 11) is -3.69. The third-order valence-electron chi connectivity index (χ3n) is 5.55. The molecule has 0 aliphatic carbocycles. The lowest BCUT2D eigenvalue weighted by Crippen LogP contribution is -2.50. The van der Waals surface area contributed by atoms with Crippen molar-refractivity contribution in [1.29, 1.82) is 0 Å². The van der Waals surface area contributed by atoms with E-state index in [0.29, 0.717) is 54.4 Å². The molecule has 3 aromatic rings. The average Bonchev–Trinajstić information content (AvgIpc) is 3.10. The summed E-state index contributed by atoms with van der Waals surface area (Å²) in [4.78, 5) is 21.9. The first kappa shape index (κ1) is 19.8. The Hall–Kier alpha value is -3.11. The van der Waals surface area contributed by atoms with Crippen LogP contribution in [0.1, 0.15) is 16.8 Å². The van der Waals surface area contributed by atoms with Crippen molar-refractivity contribution < 1.29 is 22.7 Å². The second kappa shape index (κ2) is 7.86. The van der Waals surface area contributed by atoms with Crippen LogP contribution >= 0.6 is 0 Å². The molecule has 31 heavy (non-hydrogen) atoms. The van der Waals surface area contributed by atoms with Crippen molar-refractivity contribution >= 4 is 27.0 Å². The van der Waals surface area contributed by atoms with Crippen LogP contribution in [0.15, 0.2) is 47.6 Å². The molecular formula is C21H22N4O5S. The van der Waals surface area contributed by atoms with Crippen LogP contribution in [0, 0.1) is 0 Å². The predicted molar refractivity (Wildman–Crippen MR) is 113 cm³/mol. The number of benzene rings is 1. The highest BCUT2D eigenvalue weighted by atomic mass is 32.2. The number of nitrogens with zero attached hydrogens (tertiary/aromatic N) is 3. The second-order valence-corrected chi connectivity index (χ2v) is 9.37. The molecule has 0 spiro atoms. The number of rotatable bonds is 3. The van der Waals surface area contributed by atoms with Crippen molar-refractivity contribution in [3.63, 3.8) is 0 Å². The Labute approximate surface area is 179 Å². The molecule has 1 amide bonds. The Bertz CT molecular complexity index is 1230. The van der Waals surface area contributed by atoms with E-state index in [-0.39, 0.29) is 23.9 Å². The monoisotopic (exact) mass is 442 g/mol. The van der Waals surface area contributed by atoms with Gasteiger partial charge in [0.05, 0.1) is 13.2 Å². The van der Waals surface area contributed by atoms with Gasteiger partial charge in [-0.2, -0.15) is 4.31 Å². The molecule has 0 saturated carbocycles. The van der Waals surface area contributed by atoms with E-state index in [1.165, 1.54) is 10.5 Å². The molecule has 1 saturated heterocycles. The number of aromatic amines is 1. The standard InChI is InChI=1S/C21H22N4O5S/c26-21(15-4-5-17-18(13-15)30-12-2-11-29-17)24-7-9-25(10-8-24)31(27,28)19-14-23-20-16(19)3-1-6-22-20/h1,3-6,13-14H,2,7-12H2,(H,22,23). The molecule has 1 N–H and O–H groups in total. The Morgan fingerprint density at radius 1 is 1.03 bits per heavy atom. The Kier molecular flexibility index (Phi) is 5.03. The number of aromatic nitrogens is 2. The minimum absolute atomic E-state index is 0.149. The van der Waals surface area contributed by atoms with Crippen LogP contribution < -0.4 is 9.47 Å². The lowest BCUT2D eigenvalue weighted by molar-refractivity contribution is 0.0697. The summed E-state index contributed by atoms with van der Waals surface area (Å²) in [6.45, 7) is 2.21. The van der Waals surface area contributed by atoms with Gasteiger partial charge in [0.2, 0.25) is 10.0 Å². The topological polar surface area (TPSA) is 105 Å². The Balaban J connectivity index is 1.30. The predicted octanol–water partition coefficient (Wildman–Crippen LogP) is 1.87. The first-order valence-corrected chi connectivity index (χ1v) is 11.6. The number of hydrogen-bond acceptors (Lipinski definition) is 6. The largest absolute Gasteiger partial charge is 0.490 e. The number of hydrogen-bond donors (Lipinski definition) is 1. The van der Waals surface area contributed by atoms with Gasteiger partial charge in [-0.3, -0.25) is 4.79 Å². The molecule has 162 valence electrons. The third kappa shape index (κ3) is 3.61. The fourth-order valence-corrected chi connectivity index (χ4v) is 5.47. The van der Waals surface area contributed by atoms with Gasteiger partial charge in [0, 0.05) is 55.9 Å². The zero-order valence-corrected chi connectivity index (χ0v) is 17.6. The van der Waals surface area contributed by atoms with E-state index in [1.54, 1.807) is 41.4 Å².